The Morgan fingerprint density at radius 2 is 2.05 bits per heavy atom. The molecule has 0 radical (unpaired) electrons. The number of nitrogens with one attached hydrogen (secondary N) is 1. The molecule has 1 aromatic heterocycles. The monoisotopic (exact) mass is 347 g/mol. The lowest BCUT2D eigenvalue weighted by Gasteiger charge is -2.06. The van der Waals surface area contributed by atoms with Gasteiger partial charge < -0.3 is 9.72 Å². The standard InChI is InChI=1S/C16H11BrFNO2/c17-10-5-6-16(13(18)7-10)21-9-15(20)12-8-19-14-4-2-1-3-11(12)14/h1-8,19H,9H2. The first-order valence-corrected chi connectivity index (χ1v) is 7.11. The van der Waals surface area contributed by atoms with Gasteiger partial charge in [0.05, 0.1) is 0 Å². The minimum Gasteiger partial charge on any atom is -0.482 e. The lowest BCUT2D eigenvalue weighted by Crippen LogP contribution is -2.11. The van der Waals surface area contributed by atoms with Gasteiger partial charge in [-0.05, 0) is 24.3 Å². The summed E-state index contributed by atoms with van der Waals surface area (Å²) in [5.74, 6) is -0.641. The van der Waals surface area contributed by atoms with Gasteiger partial charge >= 0.3 is 0 Å². The predicted octanol–water partition coefficient (Wildman–Crippen LogP) is 4.33. The van der Waals surface area contributed by atoms with Crippen molar-refractivity contribution in [3.8, 4) is 5.75 Å². The Kier molecular flexibility index (Phi) is 3.75. The Hall–Kier alpha value is -2.14. The summed E-state index contributed by atoms with van der Waals surface area (Å²) in [7, 11) is 0. The van der Waals surface area contributed by atoms with Crippen molar-refractivity contribution in [2.24, 2.45) is 0 Å². The molecule has 106 valence electrons. The lowest BCUT2D eigenvalue weighted by atomic mass is 10.1. The van der Waals surface area contributed by atoms with Gasteiger partial charge in [-0.1, -0.05) is 34.1 Å². The van der Waals surface area contributed by atoms with Crippen molar-refractivity contribution in [1.29, 1.82) is 0 Å². The molecule has 1 heterocycles. The highest BCUT2D eigenvalue weighted by Crippen LogP contribution is 2.22. The molecule has 0 amide bonds. The Morgan fingerprint density at radius 1 is 1.24 bits per heavy atom. The zero-order chi connectivity index (χ0) is 14.8. The number of ketones is 1. The molecule has 0 unspecified atom stereocenters. The van der Waals surface area contributed by atoms with Gasteiger partial charge in [-0.25, -0.2) is 4.39 Å². The maximum absolute atomic E-state index is 13.6. The largest absolute Gasteiger partial charge is 0.482 e. The highest BCUT2D eigenvalue weighted by molar-refractivity contribution is 9.10. The van der Waals surface area contributed by atoms with Crippen LogP contribution in [0.25, 0.3) is 10.9 Å². The molecule has 2 aromatic carbocycles. The number of hydrogen-bond acceptors (Lipinski definition) is 2. The second-order valence-electron chi connectivity index (χ2n) is 4.53. The Bertz CT molecular complexity index is 813. The van der Waals surface area contributed by atoms with E-state index in [1.807, 2.05) is 24.3 Å². The number of rotatable bonds is 4. The summed E-state index contributed by atoms with van der Waals surface area (Å²) in [5.41, 5.74) is 1.43. The molecule has 0 aliphatic carbocycles. The molecular weight excluding hydrogens is 337 g/mol. The summed E-state index contributed by atoms with van der Waals surface area (Å²) in [6.07, 6.45) is 1.65. The van der Waals surface area contributed by atoms with Crippen LogP contribution in [0.15, 0.2) is 53.1 Å². The number of carbonyl (C=O) groups is 1. The van der Waals surface area contributed by atoms with Crippen molar-refractivity contribution in [3.63, 3.8) is 0 Å². The molecule has 3 aromatic rings. The van der Waals surface area contributed by atoms with E-state index in [2.05, 4.69) is 20.9 Å². The molecule has 0 aliphatic rings. The summed E-state index contributed by atoms with van der Waals surface area (Å²) in [6.45, 7) is -0.208. The topological polar surface area (TPSA) is 42.1 Å². The van der Waals surface area contributed by atoms with Crippen LogP contribution in [-0.4, -0.2) is 17.4 Å². The number of aromatic nitrogens is 1. The van der Waals surface area contributed by atoms with E-state index < -0.39 is 5.82 Å². The van der Waals surface area contributed by atoms with Crippen molar-refractivity contribution in [2.75, 3.05) is 6.61 Å². The zero-order valence-electron chi connectivity index (χ0n) is 10.9. The Balaban J connectivity index is 1.77. The number of H-pyrrole nitrogens is 1. The van der Waals surface area contributed by atoms with Crippen LogP contribution >= 0.6 is 15.9 Å². The molecule has 1 N–H and O–H groups in total. The summed E-state index contributed by atoms with van der Waals surface area (Å²) in [6, 6.07) is 12.0. The average Bonchev–Trinajstić information content (AvgIpc) is 2.90. The lowest BCUT2D eigenvalue weighted by molar-refractivity contribution is 0.0920. The van der Waals surface area contributed by atoms with Gasteiger partial charge in [0.15, 0.2) is 18.2 Å². The third-order valence-corrected chi connectivity index (χ3v) is 3.64. The average molecular weight is 348 g/mol. The number of benzene rings is 2. The molecule has 0 saturated carbocycles. The summed E-state index contributed by atoms with van der Waals surface area (Å²) >= 11 is 3.17. The number of hydrogen-bond donors (Lipinski definition) is 1. The van der Waals surface area contributed by atoms with Gasteiger partial charge in [0.2, 0.25) is 5.78 Å². The third kappa shape index (κ3) is 2.83. The van der Waals surface area contributed by atoms with E-state index in [-0.39, 0.29) is 18.1 Å². The van der Waals surface area contributed by atoms with Gasteiger partial charge in [0, 0.05) is 27.1 Å². The molecule has 0 fully saturated rings. The van der Waals surface area contributed by atoms with Crippen molar-refractivity contribution in [2.45, 2.75) is 0 Å². The van der Waals surface area contributed by atoms with Crippen LogP contribution in [0.3, 0.4) is 0 Å². The molecule has 0 saturated heterocycles. The van der Waals surface area contributed by atoms with E-state index in [0.717, 1.165) is 10.9 Å². The van der Waals surface area contributed by atoms with Gasteiger partial charge in [0.25, 0.3) is 0 Å². The van der Waals surface area contributed by atoms with E-state index in [4.69, 9.17) is 4.74 Å². The maximum atomic E-state index is 13.6. The molecule has 3 nitrogen and oxygen atoms in total. The van der Waals surface area contributed by atoms with E-state index in [1.165, 1.54) is 12.1 Å². The Morgan fingerprint density at radius 3 is 2.86 bits per heavy atom. The molecule has 0 spiro atoms. The van der Waals surface area contributed by atoms with E-state index in [0.29, 0.717) is 10.0 Å². The molecular formula is C16H11BrFNO2. The summed E-state index contributed by atoms with van der Waals surface area (Å²) in [4.78, 5) is 15.2. The minimum absolute atomic E-state index is 0.0615. The van der Waals surface area contributed by atoms with Crippen LogP contribution in [0, 0.1) is 5.82 Å². The SMILES string of the molecule is O=C(COc1ccc(Br)cc1F)c1c[nH]c2ccccc12. The number of halogens is 2. The number of carbonyl (C=O) groups excluding carboxylic acids is 1. The normalized spacial score (nSPS) is 10.8. The van der Waals surface area contributed by atoms with Gasteiger partial charge in [-0.2, -0.15) is 0 Å². The molecule has 0 bridgehead atoms. The van der Waals surface area contributed by atoms with Crippen molar-refractivity contribution in [1.82, 2.24) is 4.98 Å². The van der Waals surface area contributed by atoms with Crippen molar-refractivity contribution >= 4 is 32.6 Å². The first kappa shape index (κ1) is 13.8. The fourth-order valence-corrected chi connectivity index (χ4v) is 2.45. The molecule has 3 rings (SSSR count). The van der Waals surface area contributed by atoms with Crippen LogP contribution in [-0.2, 0) is 0 Å². The molecule has 0 atom stereocenters. The van der Waals surface area contributed by atoms with Crippen molar-refractivity contribution in [3.05, 3.63) is 64.5 Å². The van der Waals surface area contributed by atoms with Crippen LogP contribution in [0.5, 0.6) is 5.75 Å². The second kappa shape index (κ2) is 5.69. The number of aromatic amines is 1. The number of fused-ring (bicyclic) bond motifs is 1. The maximum Gasteiger partial charge on any atom is 0.202 e. The quantitative estimate of drug-likeness (QED) is 0.713. The van der Waals surface area contributed by atoms with Crippen LogP contribution in [0.1, 0.15) is 10.4 Å². The molecule has 0 aliphatic heterocycles. The molecule has 21 heavy (non-hydrogen) atoms. The highest BCUT2D eigenvalue weighted by atomic mass is 79.9. The van der Waals surface area contributed by atoms with Crippen LogP contribution in [0.2, 0.25) is 0 Å². The number of Topliss-reactive ketones (excluding diaryl/α,β-unsaturated/α-hetero) is 1. The van der Waals surface area contributed by atoms with Crippen LogP contribution < -0.4 is 4.74 Å². The smallest absolute Gasteiger partial charge is 0.202 e. The predicted molar refractivity (Wildman–Crippen MR) is 82.2 cm³/mol. The first-order valence-electron chi connectivity index (χ1n) is 6.32. The van der Waals surface area contributed by atoms with Crippen molar-refractivity contribution < 1.29 is 13.9 Å². The highest BCUT2D eigenvalue weighted by Gasteiger charge is 2.13. The second-order valence-corrected chi connectivity index (χ2v) is 5.45. The minimum atomic E-state index is -0.504. The fraction of sp³-hybridized carbons (Fsp3) is 0.0625. The van der Waals surface area contributed by atoms with E-state index >= 15 is 0 Å². The summed E-state index contributed by atoms with van der Waals surface area (Å²) in [5, 5.41) is 0.836. The number of para-hydroxylation sites is 1. The van der Waals surface area contributed by atoms with Gasteiger partial charge in [-0.3, -0.25) is 4.79 Å². The third-order valence-electron chi connectivity index (χ3n) is 3.14. The van der Waals surface area contributed by atoms with Crippen LogP contribution in [0.4, 0.5) is 4.39 Å². The van der Waals surface area contributed by atoms with E-state index in [9.17, 15) is 9.18 Å². The van der Waals surface area contributed by atoms with Gasteiger partial charge in [-0.15, -0.1) is 0 Å². The first-order chi connectivity index (χ1) is 10.1. The van der Waals surface area contributed by atoms with E-state index in [1.54, 1.807) is 12.3 Å². The number of ether oxygens (including phenoxy) is 1. The van der Waals surface area contributed by atoms with Gasteiger partial charge in [0.1, 0.15) is 0 Å². The Labute approximate surface area is 128 Å². The summed E-state index contributed by atoms with van der Waals surface area (Å²) < 4.78 is 19.5. The fourth-order valence-electron chi connectivity index (χ4n) is 2.12. The zero-order valence-corrected chi connectivity index (χ0v) is 12.5. The molecule has 5 heteroatoms.